The molecule has 2 aromatic heterocycles. The summed E-state index contributed by atoms with van der Waals surface area (Å²) in [5, 5.41) is 3.43. The van der Waals surface area contributed by atoms with E-state index < -0.39 is 11.9 Å². The second kappa shape index (κ2) is 5.73. The molecule has 1 N–H and O–H groups in total. The minimum Gasteiger partial charge on any atom is -0.307 e. The summed E-state index contributed by atoms with van der Waals surface area (Å²) >= 11 is 1.06. The van der Waals surface area contributed by atoms with Gasteiger partial charge in [0.25, 0.3) is 0 Å². The average molecular weight is 315 g/mol. The molecule has 2 aromatic rings. The minimum atomic E-state index is -4.45. The summed E-state index contributed by atoms with van der Waals surface area (Å²) in [6.45, 7) is 5.86. The highest BCUT2D eigenvalue weighted by atomic mass is 32.1. The van der Waals surface area contributed by atoms with Crippen LogP contribution in [0.15, 0.2) is 24.5 Å². The molecule has 21 heavy (non-hydrogen) atoms. The van der Waals surface area contributed by atoms with Gasteiger partial charge in [-0.3, -0.25) is 4.98 Å². The Balaban J connectivity index is 2.36. The van der Waals surface area contributed by atoms with Gasteiger partial charge < -0.3 is 5.32 Å². The molecule has 0 aromatic carbocycles. The molecule has 0 unspecified atom stereocenters. The molecule has 7 heteroatoms. The predicted molar refractivity (Wildman–Crippen MR) is 76.9 cm³/mol. The summed E-state index contributed by atoms with van der Waals surface area (Å²) in [6.07, 6.45) is -1.37. The third kappa shape index (κ3) is 4.25. The summed E-state index contributed by atoms with van der Waals surface area (Å²) in [5.74, 6) is 0. The molecule has 114 valence electrons. The summed E-state index contributed by atoms with van der Waals surface area (Å²) in [6, 6.07) is 3.31. The Morgan fingerprint density at radius 1 is 1.14 bits per heavy atom. The summed E-state index contributed by atoms with van der Waals surface area (Å²) in [7, 11) is 0. The van der Waals surface area contributed by atoms with E-state index in [0.29, 0.717) is 10.6 Å². The maximum atomic E-state index is 13.1. The lowest BCUT2D eigenvalue weighted by atomic mass is 10.1. The Morgan fingerprint density at radius 3 is 2.29 bits per heavy atom. The van der Waals surface area contributed by atoms with E-state index in [1.807, 2.05) is 20.8 Å². The number of alkyl halides is 3. The molecule has 2 heterocycles. The monoisotopic (exact) mass is 315 g/mol. The Bertz CT molecular complexity index is 600. The van der Waals surface area contributed by atoms with E-state index in [-0.39, 0.29) is 17.0 Å². The Labute approximate surface area is 125 Å². The van der Waals surface area contributed by atoms with Crippen molar-refractivity contribution in [2.75, 3.05) is 0 Å². The molecule has 0 bridgehead atoms. The second-order valence-electron chi connectivity index (χ2n) is 5.63. The minimum absolute atomic E-state index is 0.140. The summed E-state index contributed by atoms with van der Waals surface area (Å²) in [5.41, 5.74) is -0.428. The van der Waals surface area contributed by atoms with E-state index in [4.69, 9.17) is 0 Å². The molecular formula is C14H16F3N3S. The second-order valence-corrected chi connectivity index (χ2v) is 6.71. The SMILES string of the molecule is CC(C)(C)NCc1sc(-c2ccncc2)nc1C(F)(F)F. The van der Waals surface area contributed by atoms with Crippen molar-refractivity contribution >= 4 is 11.3 Å². The number of aromatic nitrogens is 2. The molecule has 0 aliphatic rings. The smallest absolute Gasteiger partial charge is 0.307 e. The topological polar surface area (TPSA) is 37.8 Å². The van der Waals surface area contributed by atoms with E-state index in [9.17, 15) is 13.2 Å². The third-order valence-electron chi connectivity index (χ3n) is 2.67. The van der Waals surface area contributed by atoms with Crippen molar-refractivity contribution in [2.45, 2.75) is 39.0 Å². The van der Waals surface area contributed by atoms with Gasteiger partial charge in [0.05, 0.1) is 4.88 Å². The Morgan fingerprint density at radius 2 is 1.76 bits per heavy atom. The van der Waals surface area contributed by atoms with Crippen LogP contribution in [0.1, 0.15) is 31.3 Å². The van der Waals surface area contributed by atoms with Crippen molar-refractivity contribution in [3.8, 4) is 10.6 Å². The Hall–Kier alpha value is -1.47. The molecule has 0 saturated heterocycles. The van der Waals surface area contributed by atoms with Gasteiger partial charge in [0.15, 0.2) is 5.69 Å². The fourth-order valence-electron chi connectivity index (χ4n) is 1.66. The van der Waals surface area contributed by atoms with E-state index in [0.717, 1.165) is 11.3 Å². The van der Waals surface area contributed by atoms with E-state index in [1.54, 1.807) is 12.1 Å². The number of rotatable bonds is 3. The number of hydrogen-bond donors (Lipinski definition) is 1. The lowest BCUT2D eigenvalue weighted by Crippen LogP contribution is -2.35. The first-order valence-corrected chi connectivity index (χ1v) is 7.21. The average Bonchev–Trinajstić information content (AvgIpc) is 2.81. The van der Waals surface area contributed by atoms with Gasteiger partial charge in [0.1, 0.15) is 5.01 Å². The van der Waals surface area contributed by atoms with Crippen molar-refractivity contribution in [1.82, 2.24) is 15.3 Å². The maximum absolute atomic E-state index is 13.1. The highest BCUT2D eigenvalue weighted by molar-refractivity contribution is 7.15. The van der Waals surface area contributed by atoms with Gasteiger partial charge in [0, 0.05) is 30.0 Å². The number of nitrogens with zero attached hydrogens (tertiary/aromatic N) is 2. The molecule has 0 atom stereocenters. The zero-order valence-corrected chi connectivity index (χ0v) is 12.8. The molecule has 0 aliphatic carbocycles. The predicted octanol–water partition coefficient (Wildman–Crippen LogP) is 4.11. The number of thiazole rings is 1. The van der Waals surface area contributed by atoms with Crippen molar-refractivity contribution in [3.63, 3.8) is 0 Å². The number of halogens is 3. The van der Waals surface area contributed by atoms with Crippen molar-refractivity contribution in [3.05, 3.63) is 35.1 Å². The maximum Gasteiger partial charge on any atom is 0.434 e. The molecule has 2 rings (SSSR count). The normalized spacial score (nSPS) is 12.7. The van der Waals surface area contributed by atoms with Gasteiger partial charge in [-0.05, 0) is 32.9 Å². The van der Waals surface area contributed by atoms with Crippen LogP contribution in [-0.4, -0.2) is 15.5 Å². The Kier molecular flexibility index (Phi) is 4.34. The van der Waals surface area contributed by atoms with E-state index >= 15 is 0 Å². The number of hydrogen-bond acceptors (Lipinski definition) is 4. The molecule has 0 radical (unpaired) electrons. The van der Waals surface area contributed by atoms with Gasteiger partial charge in [-0.15, -0.1) is 11.3 Å². The highest BCUT2D eigenvalue weighted by Gasteiger charge is 2.37. The van der Waals surface area contributed by atoms with Gasteiger partial charge in [-0.1, -0.05) is 0 Å². The van der Waals surface area contributed by atoms with Crippen LogP contribution in [0.5, 0.6) is 0 Å². The first-order chi connectivity index (χ1) is 9.67. The molecule has 0 saturated carbocycles. The summed E-state index contributed by atoms with van der Waals surface area (Å²) < 4.78 is 39.3. The quantitative estimate of drug-likeness (QED) is 0.926. The van der Waals surface area contributed by atoms with Gasteiger partial charge >= 0.3 is 6.18 Å². The fraction of sp³-hybridized carbons (Fsp3) is 0.429. The molecule has 0 aliphatic heterocycles. The largest absolute Gasteiger partial charge is 0.434 e. The standard InChI is InChI=1S/C14H16F3N3S/c1-13(2,3)19-8-10-11(14(15,16)17)20-12(21-10)9-4-6-18-7-5-9/h4-7,19H,8H2,1-3H3. The lowest BCUT2D eigenvalue weighted by molar-refractivity contribution is -0.141. The first kappa shape index (κ1) is 15.9. The van der Waals surface area contributed by atoms with Crippen LogP contribution in [0.3, 0.4) is 0 Å². The number of pyridine rings is 1. The highest BCUT2D eigenvalue weighted by Crippen LogP contribution is 2.37. The van der Waals surface area contributed by atoms with Gasteiger partial charge in [0.2, 0.25) is 0 Å². The van der Waals surface area contributed by atoms with Crippen LogP contribution in [0.4, 0.5) is 13.2 Å². The van der Waals surface area contributed by atoms with Crippen molar-refractivity contribution in [1.29, 1.82) is 0 Å². The van der Waals surface area contributed by atoms with Crippen LogP contribution in [0, 0.1) is 0 Å². The van der Waals surface area contributed by atoms with Crippen LogP contribution in [0.2, 0.25) is 0 Å². The van der Waals surface area contributed by atoms with Crippen LogP contribution in [-0.2, 0) is 12.7 Å². The summed E-state index contributed by atoms with van der Waals surface area (Å²) in [4.78, 5) is 7.84. The van der Waals surface area contributed by atoms with Crippen LogP contribution >= 0.6 is 11.3 Å². The number of nitrogens with one attached hydrogen (secondary N) is 1. The van der Waals surface area contributed by atoms with Gasteiger partial charge in [-0.2, -0.15) is 13.2 Å². The van der Waals surface area contributed by atoms with E-state index in [1.165, 1.54) is 12.4 Å². The third-order valence-corrected chi connectivity index (χ3v) is 3.78. The first-order valence-electron chi connectivity index (χ1n) is 6.39. The lowest BCUT2D eigenvalue weighted by Gasteiger charge is -2.20. The van der Waals surface area contributed by atoms with Gasteiger partial charge in [-0.25, -0.2) is 4.98 Å². The molecule has 0 spiro atoms. The zero-order valence-electron chi connectivity index (χ0n) is 12.0. The van der Waals surface area contributed by atoms with E-state index in [2.05, 4.69) is 15.3 Å². The molecule has 3 nitrogen and oxygen atoms in total. The van der Waals surface area contributed by atoms with Crippen molar-refractivity contribution in [2.24, 2.45) is 0 Å². The molecular weight excluding hydrogens is 299 g/mol. The van der Waals surface area contributed by atoms with Crippen molar-refractivity contribution < 1.29 is 13.2 Å². The van der Waals surface area contributed by atoms with Crippen LogP contribution < -0.4 is 5.32 Å². The van der Waals surface area contributed by atoms with Crippen LogP contribution in [0.25, 0.3) is 10.6 Å². The molecule has 0 amide bonds. The zero-order chi connectivity index (χ0) is 15.7. The molecule has 0 fully saturated rings. The fourth-order valence-corrected chi connectivity index (χ4v) is 2.68.